The topological polar surface area (TPSA) is 78.3 Å². The van der Waals surface area contributed by atoms with Gasteiger partial charge in [0.1, 0.15) is 18.1 Å². The molecule has 0 radical (unpaired) electrons. The third-order valence-electron chi connectivity index (χ3n) is 4.65. The van der Waals surface area contributed by atoms with Crippen molar-refractivity contribution >= 4 is 46.6 Å². The van der Waals surface area contributed by atoms with Crippen LogP contribution in [0.1, 0.15) is 5.82 Å². The van der Waals surface area contributed by atoms with Gasteiger partial charge in [0, 0.05) is 21.4 Å². The zero-order valence-electron chi connectivity index (χ0n) is 18.1. The Kier molecular flexibility index (Phi) is 7.95. The zero-order chi connectivity index (χ0) is 23.9. The molecule has 1 amide bonds. The Balaban J connectivity index is 1.52. The molecule has 1 N–H and O–H groups in total. The Morgan fingerprint density at radius 1 is 0.971 bits per heavy atom. The SMILES string of the molecule is COc1ccc(-n2c(COc3ccc(Cl)cc3)nnc2SCC(=O)Nc2cccc(Cl)c2)cc1. The molecule has 10 heteroatoms. The van der Waals surface area contributed by atoms with Gasteiger partial charge < -0.3 is 14.8 Å². The first kappa shape index (κ1) is 23.9. The van der Waals surface area contributed by atoms with Gasteiger partial charge in [-0.05, 0) is 66.7 Å². The van der Waals surface area contributed by atoms with E-state index in [-0.39, 0.29) is 18.3 Å². The van der Waals surface area contributed by atoms with Gasteiger partial charge in [0.05, 0.1) is 12.9 Å². The first-order valence-electron chi connectivity index (χ1n) is 10.2. The molecule has 174 valence electrons. The van der Waals surface area contributed by atoms with Crippen LogP contribution in [0.2, 0.25) is 10.0 Å². The molecule has 0 fully saturated rings. The van der Waals surface area contributed by atoms with Gasteiger partial charge in [-0.2, -0.15) is 0 Å². The second-order valence-corrected chi connectivity index (χ2v) is 8.84. The molecule has 0 bridgehead atoms. The lowest BCUT2D eigenvalue weighted by Gasteiger charge is -2.12. The van der Waals surface area contributed by atoms with Crippen molar-refractivity contribution in [1.82, 2.24) is 14.8 Å². The summed E-state index contributed by atoms with van der Waals surface area (Å²) in [7, 11) is 1.61. The molecule has 3 aromatic carbocycles. The Morgan fingerprint density at radius 2 is 1.71 bits per heavy atom. The lowest BCUT2D eigenvalue weighted by atomic mass is 10.3. The van der Waals surface area contributed by atoms with E-state index in [2.05, 4.69) is 15.5 Å². The van der Waals surface area contributed by atoms with Crippen molar-refractivity contribution in [1.29, 1.82) is 0 Å². The third-order valence-corrected chi connectivity index (χ3v) is 6.07. The number of aromatic nitrogens is 3. The van der Waals surface area contributed by atoms with Crippen LogP contribution in [0.25, 0.3) is 5.69 Å². The van der Waals surface area contributed by atoms with Crippen molar-refractivity contribution in [3.8, 4) is 17.2 Å². The number of anilines is 1. The summed E-state index contributed by atoms with van der Waals surface area (Å²) in [5.74, 6) is 1.92. The maximum Gasteiger partial charge on any atom is 0.234 e. The predicted octanol–water partition coefficient (Wildman–Crippen LogP) is 5.89. The van der Waals surface area contributed by atoms with Gasteiger partial charge in [-0.25, -0.2) is 0 Å². The first-order valence-corrected chi connectivity index (χ1v) is 11.9. The minimum Gasteiger partial charge on any atom is -0.497 e. The second kappa shape index (κ2) is 11.3. The maximum absolute atomic E-state index is 12.5. The number of nitrogens with one attached hydrogen (secondary N) is 1. The third kappa shape index (κ3) is 6.22. The second-order valence-electron chi connectivity index (χ2n) is 7.02. The quantitative estimate of drug-likeness (QED) is 0.280. The highest BCUT2D eigenvalue weighted by molar-refractivity contribution is 7.99. The number of amides is 1. The fraction of sp³-hybridized carbons (Fsp3) is 0.125. The van der Waals surface area contributed by atoms with Crippen LogP contribution < -0.4 is 14.8 Å². The van der Waals surface area contributed by atoms with Crippen LogP contribution in [0.5, 0.6) is 11.5 Å². The largest absolute Gasteiger partial charge is 0.497 e. The number of benzene rings is 3. The molecule has 0 unspecified atom stereocenters. The average Bonchev–Trinajstić information content (AvgIpc) is 3.25. The van der Waals surface area contributed by atoms with Gasteiger partial charge in [-0.15, -0.1) is 10.2 Å². The fourth-order valence-corrected chi connectivity index (χ4v) is 4.14. The molecular formula is C24H20Cl2N4O3S. The summed E-state index contributed by atoms with van der Waals surface area (Å²) in [6, 6.07) is 21.5. The number of thioether (sulfide) groups is 1. The summed E-state index contributed by atoms with van der Waals surface area (Å²) in [5.41, 5.74) is 1.45. The Morgan fingerprint density at radius 3 is 2.41 bits per heavy atom. The van der Waals surface area contributed by atoms with Gasteiger partial charge in [0.2, 0.25) is 5.91 Å². The minimum absolute atomic E-state index is 0.138. The van der Waals surface area contributed by atoms with Crippen LogP contribution in [-0.4, -0.2) is 33.5 Å². The summed E-state index contributed by atoms with van der Waals surface area (Å²) < 4.78 is 13.0. The van der Waals surface area contributed by atoms with Crippen molar-refractivity contribution in [2.24, 2.45) is 0 Å². The van der Waals surface area contributed by atoms with Crippen LogP contribution in [0, 0.1) is 0 Å². The smallest absolute Gasteiger partial charge is 0.234 e. The molecule has 0 atom stereocenters. The Bertz CT molecular complexity index is 1260. The zero-order valence-corrected chi connectivity index (χ0v) is 20.4. The van der Waals surface area contributed by atoms with Crippen molar-refractivity contribution in [3.05, 3.63) is 88.7 Å². The van der Waals surface area contributed by atoms with E-state index < -0.39 is 0 Å². The molecule has 0 aliphatic rings. The molecule has 4 aromatic rings. The summed E-state index contributed by atoms with van der Waals surface area (Å²) in [4.78, 5) is 12.5. The fourth-order valence-electron chi connectivity index (χ4n) is 3.05. The number of carbonyl (C=O) groups excluding carboxylic acids is 1. The number of hydrogen-bond acceptors (Lipinski definition) is 6. The normalized spacial score (nSPS) is 10.7. The molecule has 7 nitrogen and oxygen atoms in total. The van der Waals surface area contributed by atoms with E-state index in [0.717, 1.165) is 11.4 Å². The van der Waals surface area contributed by atoms with Crippen molar-refractivity contribution in [2.45, 2.75) is 11.8 Å². The summed E-state index contributed by atoms with van der Waals surface area (Å²) in [6.45, 7) is 0.177. The van der Waals surface area contributed by atoms with E-state index in [1.54, 1.807) is 55.6 Å². The highest BCUT2D eigenvalue weighted by Gasteiger charge is 2.17. The number of methoxy groups -OCH3 is 1. The van der Waals surface area contributed by atoms with Crippen LogP contribution in [0.15, 0.2) is 78.0 Å². The number of hydrogen-bond donors (Lipinski definition) is 1. The van der Waals surface area contributed by atoms with E-state index in [9.17, 15) is 4.79 Å². The molecule has 0 saturated carbocycles. The van der Waals surface area contributed by atoms with Gasteiger partial charge in [0.25, 0.3) is 0 Å². The van der Waals surface area contributed by atoms with Crippen LogP contribution in [0.4, 0.5) is 5.69 Å². The molecular weight excluding hydrogens is 495 g/mol. The highest BCUT2D eigenvalue weighted by Crippen LogP contribution is 2.25. The number of halogens is 2. The van der Waals surface area contributed by atoms with Gasteiger partial charge in [-0.3, -0.25) is 9.36 Å². The van der Waals surface area contributed by atoms with Gasteiger partial charge in [-0.1, -0.05) is 41.0 Å². The standard InChI is InChI=1S/C24H20Cl2N4O3S/c1-32-20-11-7-19(8-12-20)30-22(14-33-21-9-5-16(25)6-10-21)28-29-24(30)34-15-23(31)27-18-4-2-3-17(26)13-18/h2-13H,14-15H2,1H3,(H,27,31). The summed E-state index contributed by atoms with van der Waals surface area (Å²) >= 11 is 13.2. The predicted molar refractivity (Wildman–Crippen MR) is 135 cm³/mol. The number of rotatable bonds is 9. The van der Waals surface area contributed by atoms with Crippen LogP contribution in [-0.2, 0) is 11.4 Å². The van der Waals surface area contributed by atoms with Crippen molar-refractivity contribution in [2.75, 3.05) is 18.2 Å². The van der Waals surface area contributed by atoms with E-state index in [1.807, 2.05) is 28.8 Å². The molecule has 0 aliphatic carbocycles. The van der Waals surface area contributed by atoms with E-state index in [1.165, 1.54) is 11.8 Å². The summed E-state index contributed by atoms with van der Waals surface area (Å²) in [5, 5.41) is 13.2. The Hall–Kier alpha value is -3.20. The van der Waals surface area contributed by atoms with E-state index in [4.69, 9.17) is 32.7 Å². The molecule has 34 heavy (non-hydrogen) atoms. The number of nitrogens with zero attached hydrogens (tertiary/aromatic N) is 3. The van der Waals surface area contributed by atoms with Crippen molar-refractivity contribution in [3.63, 3.8) is 0 Å². The average molecular weight is 515 g/mol. The number of ether oxygens (including phenoxy) is 2. The molecule has 1 aromatic heterocycles. The highest BCUT2D eigenvalue weighted by atomic mass is 35.5. The van der Waals surface area contributed by atoms with Gasteiger partial charge in [0.15, 0.2) is 11.0 Å². The van der Waals surface area contributed by atoms with Crippen LogP contribution in [0.3, 0.4) is 0 Å². The molecule has 0 aliphatic heterocycles. The maximum atomic E-state index is 12.5. The van der Waals surface area contributed by atoms with Crippen molar-refractivity contribution < 1.29 is 14.3 Å². The monoisotopic (exact) mass is 514 g/mol. The van der Waals surface area contributed by atoms with Gasteiger partial charge >= 0.3 is 0 Å². The lowest BCUT2D eigenvalue weighted by molar-refractivity contribution is -0.113. The van der Waals surface area contributed by atoms with Crippen LogP contribution >= 0.6 is 35.0 Å². The molecule has 4 rings (SSSR count). The molecule has 0 saturated heterocycles. The minimum atomic E-state index is -0.185. The van der Waals surface area contributed by atoms with E-state index >= 15 is 0 Å². The summed E-state index contributed by atoms with van der Waals surface area (Å²) in [6.07, 6.45) is 0. The molecule has 1 heterocycles. The lowest BCUT2D eigenvalue weighted by Crippen LogP contribution is -2.14. The van der Waals surface area contributed by atoms with E-state index in [0.29, 0.717) is 32.5 Å². The first-order chi connectivity index (χ1) is 16.5. The number of carbonyl (C=O) groups is 1. The molecule has 0 spiro atoms. The Labute approximate surface area is 211 Å².